The number of carbonyl (C=O) groups is 2. The Kier molecular flexibility index (Phi) is 8.91. The zero-order chi connectivity index (χ0) is 27.2. The van der Waals surface area contributed by atoms with Gasteiger partial charge < -0.3 is 19.7 Å². The molecule has 1 N–H and O–H groups in total. The first-order valence-electron chi connectivity index (χ1n) is 14.5. The van der Waals surface area contributed by atoms with Crippen LogP contribution in [0.3, 0.4) is 0 Å². The van der Waals surface area contributed by atoms with Gasteiger partial charge in [0.05, 0.1) is 17.4 Å². The number of carbonyl (C=O) groups excluding carboxylic acids is 2. The fraction of sp³-hybridized carbons (Fsp3) is 0.516. The van der Waals surface area contributed by atoms with E-state index in [1.54, 1.807) is 12.1 Å². The summed E-state index contributed by atoms with van der Waals surface area (Å²) in [5.41, 5.74) is 3.02. The monoisotopic (exact) mass is 533 g/mol. The van der Waals surface area contributed by atoms with Crippen molar-refractivity contribution in [2.45, 2.75) is 52.0 Å². The second-order valence-corrected chi connectivity index (χ2v) is 11.2. The summed E-state index contributed by atoms with van der Waals surface area (Å²) in [5.74, 6) is 0.723. The molecule has 8 heteroatoms. The van der Waals surface area contributed by atoms with Gasteiger partial charge in [0.2, 0.25) is 0 Å². The minimum Gasteiger partial charge on any atom is -0.352 e. The van der Waals surface area contributed by atoms with Crippen molar-refractivity contribution in [2.75, 3.05) is 39.3 Å². The third-order valence-corrected chi connectivity index (χ3v) is 8.42. The van der Waals surface area contributed by atoms with Crippen LogP contribution in [0.1, 0.15) is 66.2 Å². The molecule has 0 atom stereocenters. The number of fused-ring (bicyclic) bond motifs is 1. The van der Waals surface area contributed by atoms with E-state index < -0.39 is 0 Å². The van der Waals surface area contributed by atoms with Crippen molar-refractivity contribution in [3.8, 4) is 0 Å². The Morgan fingerprint density at radius 1 is 0.974 bits per heavy atom. The number of aromatic nitrogens is 2. The fourth-order valence-corrected chi connectivity index (χ4v) is 5.94. The highest BCUT2D eigenvalue weighted by Crippen LogP contribution is 2.24. The summed E-state index contributed by atoms with van der Waals surface area (Å²) in [4.78, 5) is 34.7. The molecular formula is C31H40FN5O2. The van der Waals surface area contributed by atoms with Crippen LogP contribution in [0, 0.1) is 17.7 Å². The molecule has 2 fully saturated rings. The summed E-state index contributed by atoms with van der Waals surface area (Å²) in [6.07, 6.45) is 8.23. The van der Waals surface area contributed by atoms with Crippen LogP contribution in [0.4, 0.5) is 4.39 Å². The molecule has 5 rings (SSSR count). The number of nitrogens with zero attached hydrogens (tertiary/aromatic N) is 4. The van der Waals surface area contributed by atoms with Gasteiger partial charge >= 0.3 is 0 Å². The minimum atomic E-state index is -0.320. The molecule has 0 saturated carbocycles. The van der Waals surface area contributed by atoms with E-state index in [1.165, 1.54) is 12.1 Å². The Morgan fingerprint density at radius 3 is 2.41 bits per heavy atom. The average Bonchev–Trinajstić information content (AvgIpc) is 3.39. The molecule has 7 nitrogen and oxygen atoms in total. The average molecular weight is 534 g/mol. The Hall–Kier alpha value is -3.26. The Morgan fingerprint density at radius 2 is 1.69 bits per heavy atom. The first-order chi connectivity index (χ1) is 19.0. The number of hydrogen-bond acceptors (Lipinski definition) is 4. The SMILES string of the molecule is CCCCn1cnc2c(C(=O)NCC3CCN(CC4CCN(C(=O)c5ccc(F)cc5)CC4)CC3)cccc21. The molecule has 3 heterocycles. The number of likely N-dealkylation sites (tertiary alicyclic amines) is 2. The molecule has 2 aromatic carbocycles. The second-order valence-electron chi connectivity index (χ2n) is 11.2. The van der Waals surface area contributed by atoms with E-state index in [0.29, 0.717) is 29.5 Å². The lowest BCUT2D eigenvalue weighted by Crippen LogP contribution is -2.44. The number of amides is 2. The molecule has 2 aliphatic heterocycles. The van der Waals surface area contributed by atoms with Crippen molar-refractivity contribution < 1.29 is 14.0 Å². The van der Waals surface area contributed by atoms with Crippen molar-refractivity contribution in [3.05, 3.63) is 65.7 Å². The van der Waals surface area contributed by atoms with E-state index in [4.69, 9.17) is 0 Å². The Labute approximate surface area is 230 Å². The second kappa shape index (κ2) is 12.7. The first kappa shape index (κ1) is 27.3. The number of rotatable bonds is 9. The van der Waals surface area contributed by atoms with Gasteiger partial charge in [-0.05, 0) is 93.4 Å². The molecule has 0 bridgehead atoms. The number of aryl methyl sites for hydroxylation is 1. The molecular weight excluding hydrogens is 493 g/mol. The number of hydrogen-bond donors (Lipinski definition) is 1. The van der Waals surface area contributed by atoms with Gasteiger partial charge in [-0.2, -0.15) is 0 Å². The van der Waals surface area contributed by atoms with Crippen molar-refractivity contribution in [1.82, 2.24) is 24.7 Å². The van der Waals surface area contributed by atoms with Gasteiger partial charge in [-0.15, -0.1) is 0 Å². The highest BCUT2D eigenvalue weighted by atomic mass is 19.1. The van der Waals surface area contributed by atoms with Crippen molar-refractivity contribution >= 4 is 22.8 Å². The number of piperidine rings is 2. The lowest BCUT2D eigenvalue weighted by molar-refractivity contribution is 0.0652. The van der Waals surface area contributed by atoms with Gasteiger partial charge in [0.15, 0.2) is 0 Å². The van der Waals surface area contributed by atoms with Crippen LogP contribution in [-0.2, 0) is 6.54 Å². The van der Waals surface area contributed by atoms with Gasteiger partial charge in [-0.25, -0.2) is 9.37 Å². The molecule has 0 unspecified atom stereocenters. The summed E-state index contributed by atoms with van der Waals surface area (Å²) in [7, 11) is 0. The molecule has 2 aliphatic rings. The van der Waals surface area contributed by atoms with Crippen molar-refractivity contribution in [3.63, 3.8) is 0 Å². The van der Waals surface area contributed by atoms with Gasteiger partial charge in [-0.3, -0.25) is 9.59 Å². The molecule has 208 valence electrons. The molecule has 1 aromatic heterocycles. The van der Waals surface area contributed by atoms with Gasteiger partial charge in [0, 0.05) is 38.3 Å². The maximum absolute atomic E-state index is 13.2. The van der Waals surface area contributed by atoms with Crippen molar-refractivity contribution in [1.29, 1.82) is 0 Å². The third-order valence-electron chi connectivity index (χ3n) is 8.42. The molecule has 2 amide bonds. The predicted molar refractivity (Wildman–Crippen MR) is 151 cm³/mol. The van der Waals surface area contributed by atoms with Crippen LogP contribution in [0.2, 0.25) is 0 Å². The van der Waals surface area contributed by atoms with Crippen LogP contribution in [0.25, 0.3) is 11.0 Å². The number of benzene rings is 2. The zero-order valence-electron chi connectivity index (χ0n) is 22.9. The maximum atomic E-state index is 13.2. The predicted octanol–water partition coefficient (Wildman–Crippen LogP) is 4.97. The highest BCUT2D eigenvalue weighted by molar-refractivity contribution is 6.04. The molecule has 3 aromatic rings. The summed E-state index contributed by atoms with van der Waals surface area (Å²) < 4.78 is 15.3. The van der Waals surface area contributed by atoms with E-state index in [9.17, 15) is 14.0 Å². The normalized spacial score (nSPS) is 17.5. The van der Waals surface area contributed by atoms with Gasteiger partial charge in [0.1, 0.15) is 11.3 Å². The van der Waals surface area contributed by atoms with Crippen LogP contribution in [-0.4, -0.2) is 70.4 Å². The highest BCUT2D eigenvalue weighted by Gasteiger charge is 2.27. The summed E-state index contributed by atoms with van der Waals surface area (Å²) in [5, 5.41) is 3.18. The fourth-order valence-electron chi connectivity index (χ4n) is 5.94. The standard InChI is InChI=1S/C31H40FN5O2/c1-2-3-15-37-22-34-29-27(5-4-6-28(29)37)30(38)33-20-23-11-16-35(17-12-23)21-24-13-18-36(19-14-24)31(39)25-7-9-26(32)10-8-25/h4-10,22-24H,2-3,11-21H2,1H3,(H,33,38). The molecule has 0 spiro atoms. The molecule has 0 radical (unpaired) electrons. The van der Waals surface area contributed by atoms with Crippen LogP contribution in [0.15, 0.2) is 48.8 Å². The van der Waals surface area contributed by atoms with Gasteiger partial charge in [-0.1, -0.05) is 19.4 Å². The summed E-state index contributed by atoms with van der Waals surface area (Å²) in [6.45, 7) is 8.47. The largest absolute Gasteiger partial charge is 0.352 e. The lowest BCUT2D eigenvalue weighted by atomic mass is 9.92. The number of para-hydroxylation sites is 1. The first-order valence-corrected chi connectivity index (χ1v) is 14.5. The van der Waals surface area contributed by atoms with E-state index in [2.05, 4.69) is 26.7 Å². The Balaban J connectivity index is 1.03. The lowest BCUT2D eigenvalue weighted by Gasteiger charge is -2.37. The molecule has 2 saturated heterocycles. The van der Waals surface area contributed by atoms with Crippen LogP contribution >= 0.6 is 0 Å². The Bertz CT molecular complexity index is 1260. The molecule has 39 heavy (non-hydrogen) atoms. The van der Waals surface area contributed by atoms with E-state index in [1.807, 2.05) is 29.4 Å². The summed E-state index contributed by atoms with van der Waals surface area (Å²) in [6, 6.07) is 11.7. The van der Waals surface area contributed by atoms with E-state index in [0.717, 1.165) is 88.8 Å². The quantitative estimate of drug-likeness (QED) is 0.422. The van der Waals surface area contributed by atoms with Crippen molar-refractivity contribution in [2.24, 2.45) is 11.8 Å². The topological polar surface area (TPSA) is 70.5 Å². The van der Waals surface area contributed by atoms with E-state index >= 15 is 0 Å². The number of halogens is 1. The number of nitrogens with one attached hydrogen (secondary N) is 1. The minimum absolute atomic E-state index is 0.00241. The van der Waals surface area contributed by atoms with Crippen LogP contribution < -0.4 is 5.32 Å². The smallest absolute Gasteiger partial charge is 0.253 e. The zero-order valence-corrected chi connectivity index (χ0v) is 22.9. The number of unbranched alkanes of at least 4 members (excludes halogenated alkanes) is 1. The number of imidazole rings is 1. The maximum Gasteiger partial charge on any atom is 0.253 e. The van der Waals surface area contributed by atoms with Gasteiger partial charge in [0.25, 0.3) is 11.8 Å². The summed E-state index contributed by atoms with van der Waals surface area (Å²) >= 11 is 0. The van der Waals surface area contributed by atoms with Crippen LogP contribution in [0.5, 0.6) is 0 Å². The van der Waals surface area contributed by atoms with E-state index in [-0.39, 0.29) is 17.6 Å². The molecule has 0 aliphatic carbocycles. The third kappa shape index (κ3) is 6.67.